The molecule has 8 heteroatoms. The monoisotopic (exact) mass is 465 g/mol. The highest BCUT2D eigenvalue weighted by atomic mass is 127. The number of guanidine groups is 1. The van der Waals surface area contributed by atoms with Crippen molar-refractivity contribution in [1.82, 2.24) is 10.2 Å². The van der Waals surface area contributed by atoms with Gasteiger partial charge in [-0.2, -0.15) is 13.2 Å². The van der Waals surface area contributed by atoms with Crippen LogP contribution in [0.1, 0.15) is 39.0 Å². The fourth-order valence-electron chi connectivity index (χ4n) is 2.93. The quantitative estimate of drug-likeness (QED) is 0.268. The molecule has 0 radical (unpaired) electrons. The Morgan fingerprint density at radius 1 is 1.25 bits per heavy atom. The molecular weight excluding hydrogens is 434 g/mol. The number of ether oxygens (including phenoxy) is 1. The summed E-state index contributed by atoms with van der Waals surface area (Å²) in [4.78, 5) is 6.34. The van der Waals surface area contributed by atoms with Crippen LogP contribution in [-0.4, -0.2) is 57.4 Å². The smallest absolute Gasteiger partial charge is 0.372 e. The van der Waals surface area contributed by atoms with Gasteiger partial charge in [-0.15, -0.1) is 24.0 Å². The SMILES string of the molecule is CN=C(NCCCOCC(F)(F)F)N(C)CC1CCC(C)CC1.I. The van der Waals surface area contributed by atoms with E-state index in [2.05, 4.69) is 26.9 Å². The molecule has 0 amide bonds. The maximum absolute atomic E-state index is 11.9. The molecule has 0 aromatic heterocycles. The molecule has 0 aromatic rings. The summed E-state index contributed by atoms with van der Waals surface area (Å²) in [5.41, 5.74) is 0. The Kier molecular flexibility index (Phi) is 12.0. The van der Waals surface area contributed by atoms with E-state index >= 15 is 0 Å². The third-order valence-corrected chi connectivity index (χ3v) is 4.26. The van der Waals surface area contributed by atoms with Crippen molar-refractivity contribution in [1.29, 1.82) is 0 Å². The molecule has 0 heterocycles. The molecule has 24 heavy (non-hydrogen) atoms. The number of hydrogen-bond donors (Lipinski definition) is 1. The third kappa shape index (κ3) is 10.6. The summed E-state index contributed by atoms with van der Waals surface area (Å²) in [6, 6.07) is 0. The van der Waals surface area contributed by atoms with E-state index in [-0.39, 0.29) is 30.6 Å². The lowest BCUT2D eigenvalue weighted by molar-refractivity contribution is -0.173. The lowest BCUT2D eigenvalue weighted by Crippen LogP contribution is -2.42. The Bertz CT molecular complexity index is 359. The zero-order valence-electron chi connectivity index (χ0n) is 14.9. The van der Waals surface area contributed by atoms with E-state index in [1.54, 1.807) is 7.05 Å². The Labute approximate surface area is 160 Å². The molecule has 1 N–H and O–H groups in total. The van der Waals surface area contributed by atoms with Crippen LogP contribution in [0.4, 0.5) is 13.2 Å². The van der Waals surface area contributed by atoms with Gasteiger partial charge >= 0.3 is 6.18 Å². The predicted octanol–water partition coefficient (Wildman–Crippen LogP) is 3.91. The van der Waals surface area contributed by atoms with Crippen LogP contribution in [0.25, 0.3) is 0 Å². The summed E-state index contributed by atoms with van der Waals surface area (Å²) in [6.45, 7) is 2.74. The van der Waals surface area contributed by atoms with Gasteiger partial charge < -0.3 is 15.0 Å². The molecule has 1 saturated carbocycles. The number of aliphatic imine (C=N–C) groups is 1. The molecule has 1 fully saturated rings. The maximum atomic E-state index is 11.9. The topological polar surface area (TPSA) is 36.9 Å². The molecule has 0 aliphatic heterocycles. The average Bonchev–Trinajstić information content (AvgIpc) is 2.47. The predicted molar refractivity (Wildman–Crippen MR) is 102 cm³/mol. The first-order valence-electron chi connectivity index (χ1n) is 8.38. The summed E-state index contributed by atoms with van der Waals surface area (Å²) in [5, 5.41) is 3.18. The van der Waals surface area contributed by atoms with Gasteiger partial charge in [0.25, 0.3) is 0 Å². The third-order valence-electron chi connectivity index (χ3n) is 4.26. The van der Waals surface area contributed by atoms with E-state index in [1.807, 2.05) is 7.05 Å². The average molecular weight is 465 g/mol. The highest BCUT2D eigenvalue weighted by Gasteiger charge is 2.27. The van der Waals surface area contributed by atoms with Crippen molar-refractivity contribution >= 4 is 29.9 Å². The molecule has 1 aliphatic carbocycles. The molecule has 144 valence electrons. The van der Waals surface area contributed by atoms with E-state index in [1.165, 1.54) is 25.7 Å². The number of hydrogen-bond acceptors (Lipinski definition) is 2. The molecule has 0 unspecified atom stereocenters. The van der Waals surface area contributed by atoms with Gasteiger partial charge in [0.1, 0.15) is 6.61 Å². The Balaban J connectivity index is 0.00000529. The van der Waals surface area contributed by atoms with Gasteiger partial charge in [-0.05, 0) is 31.1 Å². The summed E-state index contributed by atoms with van der Waals surface area (Å²) in [6.07, 6.45) is 1.37. The Hall–Kier alpha value is -0.250. The van der Waals surface area contributed by atoms with Crippen molar-refractivity contribution in [3.05, 3.63) is 0 Å². The summed E-state index contributed by atoms with van der Waals surface area (Å²) < 4.78 is 40.4. The van der Waals surface area contributed by atoms with Crippen LogP contribution in [0.15, 0.2) is 4.99 Å². The van der Waals surface area contributed by atoms with Crippen molar-refractivity contribution in [3.63, 3.8) is 0 Å². The van der Waals surface area contributed by atoms with Crippen molar-refractivity contribution in [2.75, 3.05) is 40.4 Å². The normalized spacial score (nSPS) is 22.0. The van der Waals surface area contributed by atoms with Crippen LogP contribution in [0.2, 0.25) is 0 Å². The fourth-order valence-corrected chi connectivity index (χ4v) is 2.93. The maximum Gasteiger partial charge on any atom is 0.411 e. The fraction of sp³-hybridized carbons (Fsp3) is 0.938. The van der Waals surface area contributed by atoms with E-state index in [9.17, 15) is 13.2 Å². The van der Waals surface area contributed by atoms with Crippen LogP contribution in [-0.2, 0) is 4.74 Å². The number of nitrogens with one attached hydrogen (secondary N) is 1. The minimum Gasteiger partial charge on any atom is -0.372 e. The summed E-state index contributed by atoms with van der Waals surface area (Å²) in [5.74, 6) is 2.33. The molecule has 0 atom stereocenters. The van der Waals surface area contributed by atoms with Crippen molar-refractivity contribution in [2.45, 2.75) is 45.2 Å². The van der Waals surface area contributed by atoms with Crippen LogP contribution < -0.4 is 5.32 Å². The first kappa shape index (κ1) is 23.8. The molecular formula is C16H31F3IN3O. The summed E-state index contributed by atoms with van der Waals surface area (Å²) >= 11 is 0. The molecule has 1 rings (SSSR count). The molecule has 0 spiro atoms. The number of rotatable bonds is 7. The lowest BCUT2D eigenvalue weighted by atomic mass is 9.83. The van der Waals surface area contributed by atoms with Crippen molar-refractivity contribution < 1.29 is 17.9 Å². The molecule has 1 aliphatic rings. The number of alkyl halides is 3. The lowest BCUT2D eigenvalue weighted by Gasteiger charge is -2.31. The van der Waals surface area contributed by atoms with E-state index < -0.39 is 12.8 Å². The zero-order chi connectivity index (χ0) is 17.3. The van der Waals surface area contributed by atoms with Crippen LogP contribution in [0.5, 0.6) is 0 Å². The second-order valence-electron chi connectivity index (χ2n) is 6.50. The zero-order valence-corrected chi connectivity index (χ0v) is 17.2. The van der Waals surface area contributed by atoms with Crippen molar-refractivity contribution in [2.24, 2.45) is 16.8 Å². The van der Waals surface area contributed by atoms with Gasteiger partial charge in [-0.1, -0.05) is 19.8 Å². The van der Waals surface area contributed by atoms with E-state index in [0.29, 0.717) is 18.9 Å². The highest BCUT2D eigenvalue weighted by Crippen LogP contribution is 2.28. The van der Waals surface area contributed by atoms with Gasteiger partial charge in [0.15, 0.2) is 5.96 Å². The second kappa shape index (κ2) is 12.2. The van der Waals surface area contributed by atoms with E-state index in [0.717, 1.165) is 18.4 Å². The van der Waals surface area contributed by atoms with Gasteiger partial charge in [0.2, 0.25) is 0 Å². The van der Waals surface area contributed by atoms with Crippen molar-refractivity contribution in [3.8, 4) is 0 Å². The first-order chi connectivity index (χ1) is 10.8. The number of halogens is 4. The second-order valence-corrected chi connectivity index (χ2v) is 6.50. The summed E-state index contributed by atoms with van der Waals surface area (Å²) in [7, 11) is 3.73. The number of nitrogens with zero attached hydrogens (tertiary/aromatic N) is 2. The van der Waals surface area contributed by atoms with Crippen LogP contribution >= 0.6 is 24.0 Å². The van der Waals surface area contributed by atoms with Gasteiger partial charge in [0, 0.05) is 33.8 Å². The van der Waals surface area contributed by atoms with Crippen LogP contribution in [0.3, 0.4) is 0 Å². The Morgan fingerprint density at radius 2 is 1.88 bits per heavy atom. The van der Waals surface area contributed by atoms with Gasteiger partial charge in [-0.3, -0.25) is 4.99 Å². The molecule has 0 aromatic carbocycles. The standard InChI is InChI=1S/C16H30F3N3O.HI/c1-13-5-7-14(8-6-13)11-22(3)15(20-2)21-9-4-10-23-12-16(17,18)19;/h13-14H,4-12H2,1-3H3,(H,20,21);1H. The molecule has 4 nitrogen and oxygen atoms in total. The minimum atomic E-state index is -4.25. The van der Waals surface area contributed by atoms with Crippen LogP contribution in [0, 0.1) is 11.8 Å². The first-order valence-corrected chi connectivity index (χ1v) is 8.38. The highest BCUT2D eigenvalue weighted by molar-refractivity contribution is 14.0. The van der Waals surface area contributed by atoms with E-state index in [4.69, 9.17) is 0 Å². The van der Waals surface area contributed by atoms with Gasteiger partial charge in [0.05, 0.1) is 0 Å². The Morgan fingerprint density at radius 3 is 2.42 bits per heavy atom. The molecule has 0 bridgehead atoms. The van der Waals surface area contributed by atoms with Gasteiger partial charge in [-0.25, -0.2) is 0 Å². The minimum absolute atomic E-state index is 0. The largest absolute Gasteiger partial charge is 0.411 e. The molecule has 0 saturated heterocycles.